The third-order valence-corrected chi connectivity index (χ3v) is 2.70. The van der Waals surface area contributed by atoms with Crippen LogP contribution in [0.2, 0.25) is 0 Å². The molecule has 16 heavy (non-hydrogen) atoms. The van der Waals surface area contributed by atoms with Crippen molar-refractivity contribution in [2.45, 2.75) is 0 Å². The molecule has 0 unspecified atom stereocenters. The van der Waals surface area contributed by atoms with E-state index >= 15 is 0 Å². The minimum atomic E-state index is -0.819. The van der Waals surface area contributed by atoms with E-state index in [-0.39, 0.29) is 22.2 Å². The molecule has 0 aliphatic carbocycles. The SMILES string of the molecule is O=C(CBr)c1c(O)c2ccccc2oc1=O. The zero-order valence-electron chi connectivity index (χ0n) is 8.07. The molecule has 82 valence electrons. The summed E-state index contributed by atoms with van der Waals surface area (Å²) in [5, 5.41) is 10.1. The van der Waals surface area contributed by atoms with Gasteiger partial charge in [0.2, 0.25) is 0 Å². The van der Waals surface area contributed by atoms with Crippen LogP contribution in [0.25, 0.3) is 11.0 Å². The quantitative estimate of drug-likeness (QED) is 0.520. The second-order valence-corrected chi connectivity index (χ2v) is 3.73. The normalized spacial score (nSPS) is 10.6. The van der Waals surface area contributed by atoms with E-state index in [0.29, 0.717) is 5.39 Å². The molecule has 0 saturated heterocycles. The van der Waals surface area contributed by atoms with E-state index in [1.54, 1.807) is 24.3 Å². The van der Waals surface area contributed by atoms with Crippen LogP contribution in [0.1, 0.15) is 10.4 Å². The van der Waals surface area contributed by atoms with Gasteiger partial charge in [-0.05, 0) is 12.1 Å². The summed E-state index contributed by atoms with van der Waals surface area (Å²) >= 11 is 2.94. The number of alkyl halides is 1. The Bertz CT molecular complexity index is 615. The predicted octanol–water partition coefficient (Wildman–Crippen LogP) is 2.08. The van der Waals surface area contributed by atoms with Gasteiger partial charge in [-0.2, -0.15) is 0 Å². The summed E-state index contributed by atoms with van der Waals surface area (Å²) in [6, 6.07) is 6.50. The number of carbonyl (C=O) groups is 1. The highest BCUT2D eigenvalue weighted by molar-refractivity contribution is 9.09. The van der Waals surface area contributed by atoms with Gasteiger partial charge in [-0.1, -0.05) is 28.1 Å². The van der Waals surface area contributed by atoms with Gasteiger partial charge in [0.15, 0.2) is 5.78 Å². The number of benzene rings is 1. The molecule has 1 heterocycles. The van der Waals surface area contributed by atoms with Crippen LogP contribution in [-0.2, 0) is 0 Å². The fraction of sp³-hybridized carbons (Fsp3) is 0.0909. The lowest BCUT2D eigenvalue weighted by Gasteiger charge is -2.03. The number of carbonyl (C=O) groups excluding carboxylic acids is 1. The first-order valence-electron chi connectivity index (χ1n) is 4.49. The molecular weight excluding hydrogens is 276 g/mol. The Morgan fingerprint density at radius 3 is 2.75 bits per heavy atom. The second-order valence-electron chi connectivity index (χ2n) is 3.17. The number of hydrogen-bond donors (Lipinski definition) is 1. The van der Waals surface area contributed by atoms with E-state index < -0.39 is 11.4 Å². The van der Waals surface area contributed by atoms with Gasteiger partial charge in [-0.15, -0.1) is 0 Å². The molecule has 0 spiro atoms. The first-order valence-corrected chi connectivity index (χ1v) is 5.61. The Kier molecular flexibility index (Phi) is 2.78. The Morgan fingerprint density at radius 2 is 2.06 bits per heavy atom. The minimum absolute atomic E-state index is 0.0380. The number of hydrogen-bond acceptors (Lipinski definition) is 4. The molecule has 0 atom stereocenters. The maximum Gasteiger partial charge on any atom is 0.351 e. The summed E-state index contributed by atoms with van der Waals surface area (Å²) in [5.41, 5.74) is -0.868. The smallest absolute Gasteiger partial charge is 0.351 e. The van der Waals surface area contributed by atoms with Crippen LogP contribution < -0.4 is 5.63 Å². The Labute approximate surface area is 98.6 Å². The molecule has 0 bridgehead atoms. The zero-order chi connectivity index (χ0) is 11.7. The van der Waals surface area contributed by atoms with E-state index in [1.165, 1.54) is 0 Å². The van der Waals surface area contributed by atoms with E-state index in [9.17, 15) is 14.7 Å². The number of ketones is 1. The van der Waals surface area contributed by atoms with Crippen molar-refractivity contribution in [3.8, 4) is 5.75 Å². The number of aromatic hydroxyl groups is 1. The van der Waals surface area contributed by atoms with Crippen molar-refractivity contribution in [2.24, 2.45) is 0 Å². The standard InChI is InChI=1S/C11H7BrO4/c12-5-7(13)9-10(14)6-3-1-2-4-8(6)16-11(9)15/h1-4,14H,5H2. The van der Waals surface area contributed by atoms with Gasteiger partial charge in [0.25, 0.3) is 0 Å². The van der Waals surface area contributed by atoms with Crippen molar-refractivity contribution in [3.63, 3.8) is 0 Å². The molecule has 4 nitrogen and oxygen atoms in total. The molecule has 0 amide bonds. The maximum absolute atomic E-state index is 11.5. The van der Waals surface area contributed by atoms with Crippen molar-refractivity contribution >= 4 is 32.7 Å². The van der Waals surface area contributed by atoms with Crippen LogP contribution in [0.5, 0.6) is 5.75 Å². The highest BCUT2D eigenvalue weighted by Gasteiger charge is 2.19. The lowest BCUT2D eigenvalue weighted by molar-refractivity contribution is 0.101. The van der Waals surface area contributed by atoms with Gasteiger partial charge < -0.3 is 9.52 Å². The lowest BCUT2D eigenvalue weighted by Crippen LogP contribution is -2.15. The minimum Gasteiger partial charge on any atom is -0.506 e. The van der Waals surface area contributed by atoms with Crippen molar-refractivity contribution in [1.82, 2.24) is 0 Å². The van der Waals surface area contributed by atoms with Crippen LogP contribution in [0, 0.1) is 0 Å². The third-order valence-electron chi connectivity index (χ3n) is 2.19. The molecular formula is C11H7BrO4. The van der Waals surface area contributed by atoms with Gasteiger partial charge in [0, 0.05) is 0 Å². The van der Waals surface area contributed by atoms with Crippen molar-refractivity contribution in [2.75, 3.05) is 5.33 Å². The molecule has 2 aromatic rings. The van der Waals surface area contributed by atoms with Crippen LogP contribution >= 0.6 is 15.9 Å². The Morgan fingerprint density at radius 1 is 1.38 bits per heavy atom. The molecule has 0 aliphatic rings. The summed E-state index contributed by atoms with van der Waals surface area (Å²) in [6.45, 7) is 0. The summed E-state index contributed by atoms with van der Waals surface area (Å²) in [4.78, 5) is 22.9. The van der Waals surface area contributed by atoms with E-state index in [1.807, 2.05) is 0 Å². The predicted molar refractivity (Wildman–Crippen MR) is 62.3 cm³/mol. The molecule has 0 saturated carbocycles. The van der Waals surface area contributed by atoms with Crippen LogP contribution in [0.15, 0.2) is 33.5 Å². The molecule has 1 aromatic heterocycles. The van der Waals surface area contributed by atoms with Crippen LogP contribution in [0.4, 0.5) is 0 Å². The van der Waals surface area contributed by atoms with Gasteiger partial charge in [0.1, 0.15) is 16.9 Å². The largest absolute Gasteiger partial charge is 0.506 e. The number of para-hydroxylation sites is 1. The van der Waals surface area contributed by atoms with Crippen molar-refractivity contribution in [3.05, 3.63) is 40.2 Å². The van der Waals surface area contributed by atoms with Gasteiger partial charge in [-0.3, -0.25) is 4.79 Å². The lowest BCUT2D eigenvalue weighted by atomic mass is 10.1. The molecule has 0 aliphatic heterocycles. The average molecular weight is 283 g/mol. The van der Waals surface area contributed by atoms with Crippen molar-refractivity contribution < 1.29 is 14.3 Å². The molecule has 2 rings (SSSR count). The number of halogens is 1. The second kappa shape index (κ2) is 4.09. The number of Topliss-reactive ketones (excluding diaryl/α,β-unsaturated/α-hetero) is 1. The average Bonchev–Trinajstić information content (AvgIpc) is 2.28. The topological polar surface area (TPSA) is 67.5 Å². The Hall–Kier alpha value is -1.62. The summed E-state index contributed by atoms with van der Waals surface area (Å²) in [5.74, 6) is -0.826. The van der Waals surface area contributed by atoms with Crippen LogP contribution in [0.3, 0.4) is 0 Å². The maximum atomic E-state index is 11.5. The molecule has 5 heteroatoms. The number of fused-ring (bicyclic) bond motifs is 1. The van der Waals surface area contributed by atoms with Crippen LogP contribution in [-0.4, -0.2) is 16.2 Å². The van der Waals surface area contributed by atoms with Gasteiger partial charge >= 0.3 is 5.63 Å². The molecule has 0 radical (unpaired) electrons. The Balaban J connectivity index is 2.86. The number of rotatable bonds is 2. The summed E-state index contributed by atoms with van der Waals surface area (Å²) in [7, 11) is 0. The fourth-order valence-corrected chi connectivity index (χ4v) is 1.73. The molecule has 0 fully saturated rings. The first-order chi connectivity index (χ1) is 7.65. The molecule has 1 N–H and O–H groups in total. The highest BCUT2D eigenvalue weighted by Crippen LogP contribution is 2.26. The van der Waals surface area contributed by atoms with E-state index in [0.717, 1.165) is 0 Å². The van der Waals surface area contributed by atoms with Crippen molar-refractivity contribution in [1.29, 1.82) is 0 Å². The first kappa shape index (κ1) is 10.9. The zero-order valence-corrected chi connectivity index (χ0v) is 9.65. The van der Waals surface area contributed by atoms with Gasteiger partial charge in [0.05, 0.1) is 10.7 Å². The van der Waals surface area contributed by atoms with E-state index in [2.05, 4.69) is 15.9 Å². The van der Waals surface area contributed by atoms with Gasteiger partial charge in [-0.25, -0.2) is 4.79 Å². The fourth-order valence-electron chi connectivity index (χ4n) is 1.45. The summed E-state index contributed by atoms with van der Waals surface area (Å²) in [6.07, 6.45) is 0. The summed E-state index contributed by atoms with van der Waals surface area (Å²) < 4.78 is 4.94. The highest BCUT2D eigenvalue weighted by atomic mass is 79.9. The molecule has 1 aromatic carbocycles. The van der Waals surface area contributed by atoms with E-state index in [4.69, 9.17) is 4.42 Å². The monoisotopic (exact) mass is 282 g/mol. The third kappa shape index (κ3) is 1.63.